The summed E-state index contributed by atoms with van der Waals surface area (Å²) in [7, 11) is 0. The van der Waals surface area contributed by atoms with Crippen LogP contribution in [0.5, 0.6) is 0 Å². The van der Waals surface area contributed by atoms with E-state index in [0.717, 1.165) is 11.4 Å². The summed E-state index contributed by atoms with van der Waals surface area (Å²) < 4.78 is 0. The molecule has 2 aromatic carbocycles. The molecule has 0 aliphatic carbocycles. The average molecular weight is 438 g/mol. The van der Waals surface area contributed by atoms with Gasteiger partial charge in [0.2, 0.25) is 5.91 Å². The first-order chi connectivity index (χ1) is 11.0. The number of hydrogen-bond acceptors (Lipinski definition) is 2. The first-order valence-corrected chi connectivity index (χ1v) is 7.56. The molecule has 0 unspecified atom stereocenters. The van der Waals surface area contributed by atoms with Crippen molar-refractivity contribution in [2.45, 2.75) is 19.8 Å². The van der Waals surface area contributed by atoms with E-state index in [1.165, 1.54) is 5.56 Å². The lowest BCUT2D eigenvalue weighted by atomic mass is 10.0. The quantitative estimate of drug-likeness (QED) is 0.378. The van der Waals surface area contributed by atoms with Crippen molar-refractivity contribution in [3.63, 3.8) is 0 Å². The molecular formula is C18H23IN4O. The molecule has 0 radical (unpaired) electrons. The van der Waals surface area contributed by atoms with Crippen LogP contribution in [0.4, 0.5) is 11.4 Å². The summed E-state index contributed by atoms with van der Waals surface area (Å²) in [6.07, 6.45) is 0. The van der Waals surface area contributed by atoms with Crippen LogP contribution in [-0.4, -0.2) is 18.4 Å². The van der Waals surface area contributed by atoms with E-state index in [2.05, 4.69) is 35.5 Å². The van der Waals surface area contributed by atoms with Gasteiger partial charge in [-0.3, -0.25) is 4.79 Å². The van der Waals surface area contributed by atoms with Gasteiger partial charge in [-0.2, -0.15) is 0 Å². The first-order valence-electron chi connectivity index (χ1n) is 7.56. The summed E-state index contributed by atoms with van der Waals surface area (Å²) >= 11 is 0. The lowest BCUT2D eigenvalue weighted by Gasteiger charge is -2.10. The Morgan fingerprint density at radius 1 is 1.04 bits per heavy atom. The molecule has 0 aromatic heterocycles. The fourth-order valence-corrected chi connectivity index (χ4v) is 2.04. The summed E-state index contributed by atoms with van der Waals surface area (Å²) in [5, 5.41) is 5.76. The maximum atomic E-state index is 11.8. The molecule has 0 spiro atoms. The minimum absolute atomic E-state index is 0. The molecule has 4 N–H and O–H groups in total. The van der Waals surface area contributed by atoms with Crippen LogP contribution in [-0.2, 0) is 4.79 Å². The van der Waals surface area contributed by atoms with Crippen molar-refractivity contribution in [3.8, 4) is 0 Å². The van der Waals surface area contributed by atoms with Gasteiger partial charge in [0, 0.05) is 11.4 Å². The molecule has 2 aromatic rings. The van der Waals surface area contributed by atoms with Crippen LogP contribution >= 0.6 is 24.0 Å². The van der Waals surface area contributed by atoms with Crippen molar-refractivity contribution in [2.75, 3.05) is 17.2 Å². The smallest absolute Gasteiger partial charge is 0.246 e. The molecule has 0 heterocycles. The molecule has 5 nitrogen and oxygen atoms in total. The number of carbonyl (C=O) groups is 1. The Balaban J connectivity index is 0.00000288. The van der Waals surface area contributed by atoms with Gasteiger partial charge in [-0.25, -0.2) is 4.99 Å². The minimum Gasteiger partial charge on any atom is -0.370 e. The highest BCUT2D eigenvalue weighted by Crippen LogP contribution is 2.18. The number of amides is 1. The Bertz CT molecular complexity index is 686. The number of halogens is 1. The molecule has 6 heteroatoms. The Labute approximate surface area is 159 Å². The van der Waals surface area contributed by atoms with Crippen LogP contribution in [0, 0.1) is 0 Å². The third kappa shape index (κ3) is 6.57. The number of aliphatic imine (C=N–C) groups is 1. The van der Waals surface area contributed by atoms with E-state index in [4.69, 9.17) is 5.73 Å². The summed E-state index contributed by atoms with van der Waals surface area (Å²) in [6, 6.07) is 17.2. The third-order valence-corrected chi connectivity index (χ3v) is 3.28. The van der Waals surface area contributed by atoms with Crippen LogP contribution in [0.2, 0.25) is 0 Å². The topological polar surface area (TPSA) is 79.5 Å². The van der Waals surface area contributed by atoms with Gasteiger partial charge >= 0.3 is 0 Å². The summed E-state index contributed by atoms with van der Waals surface area (Å²) in [6.45, 7) is 4.23. The zero-order valence-electron chi connectivity index (χ0n) is 13.8. The van der Waals surface area contributed by atoms with Crippen molar-refractivity contribution in [1.29, 1.82) is 0 Å². The van der Waals surface area contributed by atoms with Crippen molar-refractivity contribution >= 4 is 47.2 Å². The Morgan fingerprint density at radius 3 is 2.38 bits per heavy atom. The fourth-order valence-electron chi connectivity index (χ4n) is 2.04. The molecule has 128 valence electrons. The molecule has 0 bridgehead atoms. The number of nitrogens with one attached hydrogen (secondary N) is 2. The van der Waals surface area contributed by atoms with Crippen LogP contribution in [0.1, 0.15) is 25.3 Å². The summed E-state index contributed by atoms with van der Waals surface area (Å²) in [4.78, 5) is 15.9. The number of nitrogens with zero attached hydrogens (tertiary/aromatic N) is 1. The van der Waals surface area contributed by atoms with E-state index in [9.17, 15) is 4.79 Å². The van der Waals surface area contributed by atoms with Crippen molar-refractivity contribution < 1.29 is 4.79 Å². The molecule has 2 rings (SSSR count). The van der Waals surface area contributed by atoms with E-state index in [0.29, 0.717) is 5.92 Å². The van der Waals surface area contributed by atoms with Crippen LogP contribution in [0.3, 0.4) is 0 Å². The molecule has 0 aliphatic rings. The lowest BCUT2D eigenvalue weighted by molar-refractivity contribution is -0.114. The van der Waals surface area contributed by atoms with Crippen LogP contribution < -0.4 is 16.4 Å². The predicted molar refractivity (Wildman–Crippen MR) is 111 cm³/mol. The second kappa shape index (κ2) is 9.92. The number of rotatable bonds is 5. The number of guanidine groups is 1. The number of anilines is 2. The number of nitrogens with two attached hydrogens (primary N) is 1. The average Bonchev–Trinajstić information content (AvgIpc) is 2.54. The molecule has 0 aliphatic heterocycles. The van der Waals surface area contributed by atoms with Gasteiger partial charge < -0.3 is 16.4 Å². The number of carbonyl (C=O) groups excluding carboxylic acids is 1. The van der Waals surface area contributed by atoms with Gasteiger partial charge in [0.25, 0.3) is 0 Å². The molecule has 0 saturated heterocycles. The van der Waals surface area contributed by atoms with Gasteiger partial charge in [0.1, 0.15) is 6.54 Å². The van der Waals surface area contributed by atoms with Gasteiger partial charge in [-0.05, 0) is 35.7 Å². The Morgan fingerprint density at radius 2 is 1.71 bits per heavy atom. The monoisotopic (exact) mass is 438 g/mol. The molecule has 1 amide bonds. The molecule has 0 saturated carbocycles. The van der Waals surface area contributed by atoms with Crippen molar-refractivity contribution in [2.24, 2.45) is 10.7 Å². The largest absolute Gasteiger partial charge is 0.370 e. The molecule has 24 heavy (non-hydrogen) atoms. The maximum Gasteiger partial charge on any atom is 0.246 e. The SMILES string of the molecule is CC(C)c1cccc(NC(N)=NCC(=O)Nc2ccccc2)c1.I. The van der Waals surface area contributed by atoms with Gasteiger partial charge in [0.05, 0.1) is 0 Å². The highest BCUT2D eigenvalue weighted by atomic mass is 127. The van der Waals surface area contributed by atoms with E-state index in [1.54, 1.807) is 0 Å². The van der Waals surface area contributed by atoms with Gasteiger partial charge in [0.15, 0.2) is 5.96 Å². The lowest BCUT2D eigenvalue weighted by Crippen LogP contribution is -2.25. The third-order valence-electron chi connectivity index (χ3n) is 3.28. The van der Waals surface area contributed by atoms with Gasteiger partial charge in [-0.1, -0.05) is 44.2 Å². The van der Waals surface area contributed by atoms with Gasteiger partial charge in [-0.15, -0.1) is 24.0 Å². The Hall–Kier alpha value is -2.09. The summed E-state index contributed by atoms with van der Waals surface area (Å²) in [5.74, 6) is 0.442. The fraction of sp³-hybridized carbons (Fsp3) is 0.222. The van der Waals surface area contributed by atoms with E-state index >= 15 is 0 Å². The maximum absolute atomic E-state index is 11.8. The van der Waals surface area contributed by atoms with Crippen molar-refractivity contribution in [1.82, 2.24) is 0 Å². The highest BCUT2D eigenvalue weighted by Gasteiger charge is 2.03. The normalized spacial score (nSPS) is 10.9. The number of para-hydroxylation sites is 1. The van der Waals surface area contributed by atoms with E-state index in [1.807, 2.05) is 48.5 Å². The molecular weight excluding hydrogens is 415 g/mol. The second-order valence-electron chi connectivity index (χ2n) is 5.52. The van der Waals surface area contributed by atoms with E-state index in [-0.39, 0.29) is 42.4 Å². The van der Waals surface area contributed by atoms with E-state index < -0.39 is 0 Å². The molecule has 0 atom stereocenters. The highest BCUT2D eigenvalue weighted by molar-refractivity contribution is 14.0. The Kier molecular flexibility index (Phi) is 8.25. The zero-order valence-corrected chi connectivity index (χ0v) is 16.2. The summed E-state index contributed by atoms with van der Waals surface area (Å²) in [5.41, 5.74) is 8.65. The first kappa shape index (κ1) is 20.0. The standard InChI is InChI=1S/C18H22N4O.HI/c1-13(2)14-7-6-10-16(11-14)22-18(19)20-12-17(23)21-15-8-4-3-5-9-15;/h3-11,13H,12H2,1-2H3,(H,21,23)(H3,19,20,22);1H. The minimum atomic E-state index is -0.211. The van der Waals surface area contributed by atoms with Crippen LogP contribution in [0.15, 0.2) is 59.6 Å². The number of benzene rings is 2. The second-order valence-corrected chi connectivity index (χ2v) is 5.52. The zero-order chi connectivity index (χ0) is 16.7. The number of hydrogen-bond donors (Lipinski definition) is 3. The van der Waals surface area contributed by atoms with Crippen molar-refractivity contribution in [3.05, 3.63) is 60.2 Å². The molecule has 0 fully saturated rings. The van der Waals surface area contributed by atoms with Crippen LogP contribution in [0.25, 0.3) is 0 Å². The predicted octanol–water partition coefficient (Wildman–Crippen LogP) is 3.79.